The van der Waals surface area contributed by atoms with Crippen molar-refractivity contribution in [2.45, 2.75) is 44.8 Å². The summed E-state index contributed by atoms with van der Waals surface area (Å²) in [5.41, 5.74) is 6.76. The summed E-state index contributed by atoms with van der Waals surface area (Å²) in [5.74, 6) is 1.89. The lowest BCUT2D eigenvalue weighted by Gasteiger charge is -2.18. The average Bonchev–Trinajstić information content (AvgIpc) is 2.71. The first-order chi connectivity index (χ1) is 11.0. The van der Waals surface area contributed by atoms with Gasteiger partial charge in [-0.25, -0.2) is 0 Å². The van der Waals surface area contributed by atoms with E-state index in [0.29, 0.717) is 25.7 Å². The molecule has 0 saturated carbocycles. The van der Waals surface area contributed by atoms with E-state index in [4.69, 9.17) is 19.9 Å². The standard InChI is InChI=1S/C17H25N3O3.HI/c1-17(2)7-6-13(23-17)11-19-16(18)20-12-4-5-14-15(10-12)22-9-3-8-21-14;/h4-5,10,13H,3,6-9,11H2,1-2H3,(H3,18,19,20);1H. The Hall–Kier alpha value is -1.22. The predicted octanol–water partition coefficient (Wildman–Crippen LogP) is 3.15. The van der Waals surface area contributed by atoms with Gasteiger partial charge in [0.2, 0.25) is 0 Å². The SMILES string of the molecule is CC1(C)CCC(CN=C(N)Nc2ccc3c(c2)OCCCO3)O1.I. The summed E-state index contributed by atoms with van der Waals surface area (Å²) >= 11 is 0. The molecule has 1 atom stereocenters. The van der Waals surface area contributed by atoms with Crippen LogP contribution in [0.15, 0.2) is 23.2 Å². The Bertz CT molecular complexity index is 592. The molecule has 2 aliphatic heterocycles. The molecule has 0 aliphatic carbocycles. The number of nitrogens with two attached hydrogens (primary N) is 1. The van der Waals surface area contributed by atoms with Gasteiger partial charge in [-0.1, -0.05) is 0 Å². The Balaban J connectivity index is 0.00000208. The van der Waals surface area contributed by atoms with E-state index < -0.39 is 0 Å². The number of hydrogen-bond donors (Lipinski definition) is 2. The number of ether oxygens (including phenoxy) is 3. The lowest BCUT2D eigenvalue weighted by molar-refractivity contribution is -0.0106. The number of halogens is 1. The molecular formula is C17H26IN3O3. The van der Waals surface area contributed by atoms with Crippen LogP contribution in [0.1, 0.15) is 33.1 Å². The summed E-state index contributed by atoms with van der Waals surface area (Å²) in [7, 11) is 0. The normalized spacial score (nSPS) is 22.4. The topological polar surface area (TPSA) is 78.1 Å². The average molecular weight is 447 g/mol. The van der Waals surface area contributed by atoms with Crippen molar-refractivity contribution in [3.05, 3.63) is 18.2 Å². The molecule has 2 aliphatic rings. The molecule has 0 spiro atoms. The van der Waals surface area contributed by atoms with Crippen molar-refractivity contribution in [1.82, 2.24) is 0 Å². The molecule has 24 heavy (non-hydrogen) atoms. The monoisotopic (exact) mass is 447 g/mol. The molecule has 0 radical (unpaired) electrons. The molecule has 0 aromatic heterocycles. The van der Waals surface area contributed by atoms with Crippen LogP contribution in [0.3, 0.4) is 0 Å². The van der Waals surface area contributed by atoms with E-state index in [1.54, 1.807) is 0 Å². The van der Waals surface area contributed by atoms with Gasteiger partial charge in [-0.2, -0.15) is 0 Å². The minimum absolute atomic E-state index is 0. The summed E-state index contributed by atoms with van der Waals surface area (Å²) in [6.07, 6.45) is 3.11. The molecule has 1 unspecified atom stereocenters. The number of rotatable bonds is 3. The quantitative estimate of drug-likeness (QED) is 0.423. The number of anilines is 1. The van der Waals surface area contributed by atoms with E-state index in [0.717, 1.165) is 36.4 Å². The van der Waals surface area contributed by atoms with Gasteiger partial charge in [-0.15, -0.1) is 24.0 Å². The molecule has 1 aromatic carbocycles. The summed E-state index contributed by atoms with van der Waals surface area (Å²) in [6, 6.07) is 5.68. The molecule has 1 aromatic rings. The van der Waals surface area contributed by atoms with Crippen LogP contribution in [0.25, 0.3) is 0 Å². The molecular weight excluding hydrogens is 421 g/mol. The molecule has 1 saturated heterocycles. The molecule has 1 fully saturated rings. The maximum absolute atomic E-state index is 5.97. The van der Waals surface area contributed by atoms with Crippen molar-refractivity contribution in [3.63, 3.8) is 0 Å². The highest BCUT2D eigenvalue weighted by molar-refractivity contribution is 14.0. The van der Waals surface area contributed by atoms with Gasteiger partial charge in [-0.05, 0) is 38.8 Å². The van der Waals surface area contributed by atoms with Gasteiger partial charge in [0, 0.05) is 18.2 Å². The molecule has 3 N–H and O–H groups in total. The van der Waals surface area contributed by atoms with Crippen LogP contribution in [-0.2, 0) is 4.74 Å². The number of guanidine groups is 1. The first-order valence-electron chi connectivity index (χ1n) is 8.16. The number of nitrogens with one attached hydrogen (secondary N) is 1. The van der Waals surface area contributed by atoms with Crippen LogP contribution in [0.2, 0.25) is 0 Å². The smallest absolute Gasteiger partial charge is 0.193 e. The van der Waals surface area contributed by atoms with Crippen molar-refractivity contribution in [2.24, 2.45) is 10.7 Å². The Labute approximate surface area is 160 Å². The minimum atomic E-state index is -0.0449. The second kappa shape index (κ2) is 8.24. The molecule has 2 heterocycles. The highest BCUT2D eigenvalue weighted by Gasteiger charge is 2.31. The highest BCUT2D eigenvalue weighted by atomic mass is 127. The lowest BCUT2D eigenvalue weighted by Crippen LogP contribution is -2.26. The van der Waals surface area contributed by atoms with Gasteiger partial charge in [0.25, 0.3) is 0 Å². The first kappa shape index (κ1) is 19.1. The number of nitrogens with zero attached hydrogens (tertiary/aromatic N) is 1. The van der Waals surface area contributed by atoms with E-state index in [-0.39, 0.29) is 35.7 Å². The van der Waals surface area contributed by atoms with Crippen molar-refractivity contribution in [3.8, 4) is 11.5 Å². The Morgan fingerprint density at radius 1 is 1.29 bits per heavy atom. The summed E-state index contributed by atoms with van der Waals surface area (Å²) < 4.78 is 17.2. The largest absolute Gasteiger partial charge is 0.490 e. The van der Waals surface area contributed by atoms with E-state index in [1.807, 2.05) is 18.2 Å². The van der Waals surface area contributed by atoms with E-state index in [9.17, 15) is 0 Å². The number of fused-ring (bicyclic) bond motifs is 1. The van der Waals surface area contributed by atoms with Gasteiger partial charge < -0.3 is 25.3 Å². The van der Waals surface area contributed by atoms with Gasteiger partial charge in [0.05, 0.1) is 31.5 Å². The van der Waals surface area contributed by atoms with Gasteiger partial charge in [-0.3, -0.25) is 4.99 Å². The zero-order valence-corrected chi connectivity index (χ0v) is 16.5. The maximum atomic E-state index is 5.97. The second-order valence-corrected chi connectivity index (χ2v) is 6.60. The van der Waals surface area contributed by atoms with Gasteiger partial charge in [0.15, 0.2) is 17.5 Å². The molecule has 7 heteroatoms. The third-order valence-electron chi connectivity index (χ3n) is 4.04. The Morgan fingerprint density at radius 3 is 2.75 bits per heavy atom. The van der Waals surface area contributed by atoms with Crippen LogP contribution in [-0.4, -0.2) is 37.4 Å². The third kappa shape index (κ3) is 5.14. The fourth-order valence-corrected chi connectivity index (χ4v) is 2.83. The van der Waals surface area contributed by atoms with Crippen LogP contribution >= 0.6 is 24.0 Å². The molecule has 6 nitrogen and oxygen atoms in total. The second-order valence-electron chi connectivity index (χ2n) is 6.60. The van der Waals surface area contributed by atoms with E-state index in [2.05, 4.69) is 24.2 Å². The van der Waals surface area contributed by atoms with Crippen molar-refractivity contribution >= 4 is 35.6 Å². The van der Waals surface area contributed by atoms with E-state index in [1.165, 1.54) is 0 Å². The zero-order valence-electron chi connectivity index (χ0n) is 14.2. The highest BCUT2D eigenvalue weighted by Crippen LogP contribution is 2.32. The number of benzene rings is 1. The zero-order chi connectivity index (χ0) is 16.3. The van der Waals surface area contributed by atoms with E-state index >= 15 is 0 Å². The van der Waals surface area contributed by atoms with Crippen molar-refractivity contribution in [2.75, 3.05) is 25.1 Å². The lowest BCUT2D eigenvalue weighted by atomic mass is 10.1. The van der Waals surface area contributed by atoms with Crippen LogP contribution in [0.4, 0.5) is 5.69 Å². The Morgan fingerprint density at radius 2 is 2.04 bits per heavy atom. The first-order valence-corrected chi connectivity index (χ1v) is 8.16. The number of aliphatic imine (C=N–C) groups is 1. The summed E-state index contributed by atoms with van der Waals surface area (Å²) in [4.78, 5) is 4.38. The molecule has 134 valence electrons. The number of hydrogen-bond acceptors (Lipinski definition) is 4. The van der Waals surface area contributed by atoms with Crippen molar-refractivity contribution < 1.29 is 14.2 Å². The van der Waals surface area contributed by atoms with Gasteiger partial charge >= 0.3 is 0 Å². The molecule has 0 bridgehead atoms. The van der Waals surface area contributed by atoms with Gasteiger partial charge in [0.1, 0.15) is 0 Å². The van der Waals surface area contributed by atoms with Crippen LogP contribution in [0, 0.1) is 0 Å². The minimum Gasteiger partial charge on any atom is -0.490 e. The maximum Gasteiger partial charge on any atom is 0.193 e. The third-order valence-corrected chi connectivity index (χ3v) is 4.04. The summed E-state index contributed by atoms with van der Waals surface area (Å²) in [5, 5.41) is 3.09. The summed E-state index contributed by atoms with van der Waals surface area (Å²) in [6.45, 7) is 6.13. The Kier molecular flexibility index (Phi) is 6.56. The van der Waals surface area contributed by atoms with Crippen molar-refractivity contribution in [1.29, 1.82) is 0 Å². The van der Waals surface area contributed by atoms with Crippen LogP contribution in [0.5, 0.6) is 11.5 Å². The predicted molar refractivity (Wildman–Crippen MR) is 106 cm³/mol. The fourth-order valence-electron chi connectivity index (χ4n) is 2.83. The van der Waals surface area contributed by atoms with Crippen LogP contribution < -0.4 is 20.5 Å². The molecule has 0 amide bonds. The fraction of sp³-hybridized carbons (Fsp3) is 0.588. The molecule has 3 rings (SSSR count).